The number of hydrogen-bond acceptors (Lipinski definition) is 10. The lowest BCUT2D eigenvalue weighted by atomic mass is 10.0. The summed E-state index contributed by atoms with van der Waals surface area (Å²) in [5, 5.41) is 15.0. The summed E-state index contributed by atoms with van der Waals surface area (Å²) in [4.78, 5) is 10.3. The van der Waals surface area contributed by atoms with Crippen molar-refractivity contribution < 1.29 is 0 Å². The lowest BCUT2D eigenvalue weighted by Crippen LogP contribution is -2.55. The van der Waals surface area contributed by atoms with Gasteiger partial charge < -0.3 is 21.3 Å². The first-order chi connectivity index (χ1) is 23.1. The van der Waals surface area contributed by atoms with Crippen LogP contribution in [-0.4, -0.2) is 146 Å². The van der Waals surface area contributed by atoms with Gasteiger partial charge in [0.05, 0.1) is 0 Å². The van der Waals surface area contributed by atoms with Crippen LogP contribution in [0.4, 0.5) is 0 Å². The first kappa shape index (κ1) is 39.6. The summed E-state index contributed by atoms with van der Waals surface area (Å²) in [6.45, 7) is 27.9. The molecule has 270 valence electrons. The van der Waals surface area contributed by atoms with Gasteiger partial charge in [0.15, 0.2) is 0 Å². The molecule has 8 nitrogen and oxygen atoms in total. The monoisotopic (exact) mass is 698 g/mol. The fraction of sp³-hybridized carbons (Fsp3) is 0.684. The minimum atomic E-state index is -0.118. The van der Waals surface area contributed by atoms with Gasteiger partial charge in [0.2, 0.25) is 0 Å². The molecule has 2 aromatic carbocycles. The Balaban J connectivity index is 1.06. The van der Waals surface area contributed by atoms with Gasteiger partial charge in [-0.1, -0.05) is 60.7 Å². The molecule has 2 atom stereocenters. The van der Waals surface area contributed by atoms with Gasteiger partial charge in [-0.05, 0) is 38.8 Å². The lowest BCUT2D eigenvalue weighted by molar-refractivity contribution is 0.127. The first-order valence-electron chi connectivity index (χ1n) is 18.4. The maximum atomic E-state index is 4.95. The van der Waals surface area contributed by atoms with Crippen molar-refractivity contribution >= 4 is 25.3 Å². The van der Waals surface area contributed by atoms with Crippen LogP contribution < -0.4 is 21.3 Å². The highest BCUT2D eigenvalue weighted by molar-refractivity contribution is 7.82. The SMILES string of the molecule is CC(C)(S)C(CNCCN1CCN(Cc2ccccc2)CC1)NCCNC(CNCCN1CCN(Cc2ccccc2)CC1)C(C)(C)S. The van der Waals surface area contributed by atoms with E-state index in [9.17, 15) is 0 Å². The van der Waals surface area contributed by atoms with Crippen molar-refractivity contribution in [3.63, 3.8) is 0 Å². The van der Waals surface area contributed by atoms with Crippen LogP contribution in [0.1, 0.15) is 38.8 Å². The molecule has 4 N–H and O–H groups in total. The van der Waals surface area contributed by atoms with Crippen molar-refractivity contribution in [3.05, 3.63) is 71.8 Å². The number of nitrogens with one attached hydrogen (secondary N) is 4. The third kappa shape index (κ3) is 15.0. The Labute approximate surface area is 304 Å². The highest BCUT2D eigenvalue weighted by Gasteiger charge is 2.27. The highest BCUT2D eigenvalue weighted by Crippen LogP contribution is 2.18. The predicted octanol–water partition coefficient (Wildman–Crippen LogP) is 3.13. The molecule has 48 heavy (non-hydrogen) atoms. The maximum Gasteiger partial charge on any atom is 0.0332 e. The minimum Gasteiger partial charge on any atom is -0.314 e. The fourth-order valence-electron chi connectivity index (χ4n) is 6.63. The lowest BCUT2D eigenvalue weighted by Gasteiger charge is -2.36. The van der Waals surface area contributed by atoms with Crippen LogP contribution in [0, 0.1) is 0 Å². The topological polar surface area (TPSA) is 61.1 Å². The smallest absolute Gasteiger partial charge is 0.0332 e. The van der Waals surface area contributed by atoms with Crippen LogP contribution in [0.2, 0.25) is 0 Å². The molecule has 0 saturated carbocycles. The van der Waals surface area contributed by atoms with Gasteiger partial charge in [0.25, 0.3) is 0 Å². The summed E-state index contributed by atoms with van der Waals surface area (Å²) in [5.41, 5.74) is 2.82. The Morgan fingerprint density at radius 1 is 0.521 bits per heavy atom. The Hall–Kier alpha value is -1.18. The number of benzene rings is 2. The van der Waals surface area contributed by atoms with Crippen molar-refractivity contribution in [2.45, 2.75) is 62.4 Å². The van der Waals surface area contributed by atoms with E-state index in [1.54, 1.807) is 0 Å². The highest BCUT2D eigenvalue weighted by atomic mass is 32.1. The average molecular weight is 699 g/mol. The second-order valence-corrected chi connectivity index (χ2v) is 17.2. The van der Waals surface area contributed by atoms with Crippen LogP contribution in [0.5, 0.6) is 0 Å². The molecule has 4 rings (SSSR count). The number of thiol groups is 2. The van der Waals surface area contributed by atoms with Gasteiger partial charge in [-0.15, -0.1) is 0 Å². The first-order valence-corrected chi connectivity index (χ1v) is 19.3. The Morgan fingerprint density at radius 3 is 1.19 bits per heavy atom. The average Bonchev–Trinajstić information content (AvgIpc) is 3.06. The quantitative estimate of drug-likeness (QED) is 0.0880. The van der Waals surface area contributed by atoms with Crippen LogP contribution in [0.25, 0.3) is 0 Å². The number of hydrogen-bond donors (Lipinski definition) is 6. The van der Waals surface area contributed by atoms with E-state index in [-0.39, 0.29) is 21.6 Å². The Kier molecular flexibility index (Phi) is 17.0. The van der Waals surface area contributed by atoms with Gasteiger partial charge in [-0.3, -0.25) is 19.6 Å². The molecule has 2 fully saturated rings. The summed E-state index contributed by atoms with van der Waals surface area (Å²) < 4.78 is -0.236. The standard InChI is InChI=1S/C38H66N8S2/c1-37(2,47)35(29-39-17-19-43-21-25-45(26-22-43)31-33-11-7-5-8-12-33)41-15-16-42-36(38(3,4)48)30-40-18-20-44-23-27-46(28-24-44)32-34-13-9-6-10-14-34/h5-14,35-36,39-42,47-48H,15-32H2,1-4H3. The summed E-state index contributed by atoms with van der Waals surface area (Å²) in [5.74, 6) is 0. The molecule has 0 bridgehead atoms. The molecule has 2 unspecified atom stereocenters. The molecule has 0 radical (unpaired) electrons. The molecule has 0 aromatic heterocycles. The third-order valence-electron chi connectivity index (χ3n) is 9.95. The van der Waals surface area contributed by atoms with E-state index in [1.807, 2.05) is 0 Å². The summed E-state index contributed by atoms with van der Waals surface area (Å²) in [6, 6.07) is 22.2. The Bertz CT molecular complexity index is 1020. The van der Waals surface area contributed by atoms with Crippen LogP contribution in [0.15, 0.2) is 60.7 Å². The van der Waals surface area contributed by atoms with Crippen molar-refractivity contribution in [3.8, 4) is 0 Å². The zero-order valence-corrected chi connectivity index (χ0v) is 32.1. The van der Waals surface area contributed by atoms with Gasteiger partial charge in [-0.2, -0.15) is 25.3 Å². The zero-order valence-electron chi connectivity index (χ0n) is 30.3. The molecule has 0 aliphatic carbocycles. The molecule has 2 aliphatic heterocycles. The van der Waals surface area contributed by atoms with Gasteiger partial charge in [0.1, 0.15) is 0 Å². The molecule has 10 heteroatoms. The normalized spacial score (nSPS) is 19.0. The van der Waals surface area contributed by atoms with Gasteiger partial charge in [-0.25, -0.2) is 0 Å². The zero-order chi connectivity index (χ0) is 34.2. The van der Waals surface area contributed by atoms with E-state index in [0.29, 0.717) is 0 Å². The summed E-state index contributed by atoms with van der Waals surface area (Å²) >= 11 is 9.91. The molecule has 0 spiro atoms. The van der Waals surface area contributed by atoms with Crippen LogP contribution in [-0.2, 0) is 13.1 Å². The molecule has 2 aromatic rings. The van der Waals surface area contributed by atoms with E-state index >= 15 is 0 Å². The number of piperazine rings is 2. The van der Waals surface area contributed by atoms with Crippen LogP contribution in [0.3, 0.4) is 0 Å². The number of nitrogens with zero attached hydrogens (tertiary/aromatic N) is 4. The molecule has 0 amide bonds. The maximum absolute atomic E-state index is 4.95. The van der Waals surface area contributed by atoms with E-state index < -0.39 is 0 Å². The predicted molar refractivity (Wildman–Crippen MR) is 212 cm³/mol. The summed E-state index contributed by atoms with van der Waals surface area (Å²) in [6.07, 6.45) is 0. The second-order valence-electron chi connectivity index (χ2n) is 14.9. The molecular formula is C38H66N8S2. The van der Waals surface area contributed by atoms with E-state index in [4.69, 9.17) is 25.3 Å². The van der Waals surface area contributed by atoms with Crippen molar-refractivity contribution in [2.24, 2.45) is 0 Å². The molecular weight excluding hydrogens is 633 g/mol. The largest absolute Gasteiger partial charge is 0.314 e. The molecule has 2 saturated heterocycles. The second kappa shape index (κ2) is 20.6. The van der Waals surface area contributed by atoms with Crippen molar-refractivity contribution in [1.29, 1.82) is 0 Å². The van der Waals surface area contributed by atoms with Gasteiger partial charge >= 0.3 is 0 Å². The van der Waals surface area contributed by atoms with Crippen molar-refractivity contribution in [1.82, 2.24) is 40.9 Å². The van der Waals surface area contributed by atoms with E-state index in [2.05, 4.69) is 129 Å². The van der Waals surface area contributed by atoms with Crippen molar-refractivity contribution in [2.75, 3.05) is 105 Å². The fourth-order valence-corrected chi connectivity index (χ4v) is 6.99. The summed E-state index contributed by atoms with van der Waals surface area (Å²) in [7, 11) is 0. The van der Waals surface area contributed by atoms with Gasteiger partial charge in [0, 0.05) is 139 Å². The van der Waals surface area contributed by atoms with E-state index in [1.165, 1.54) is 11.1 Å². The molecule has 2 heterocycles. The van der Waals surface area contributed by atoms with E-state index in [0.717, 1.165) is 118 Å². The third-order valence-corrected chi connectivity index (χ3v) is 10.6. The Morgan fingerprint density at radius 2 is 0.854 bits per heavy atom. The minimum absolute atomic E-state index is 0.118. The number of rotatable bonds is 21. The van der Waals surface area contributed by atoms with Crippen LogP contribution >= 0.6 is 25.3 Å². The molecule has 2 aliphatic rings.